The molecule has 0 aliphatic carbocycles. The second-order valence-electron chi connectivity index (χ2n) is 5.62. The molecule has 0 bridgehead atoms. The van der Waals surface area contributed by atoms with Gasteiger partial charge < -0.3 is 10.1 Å². The van der Waals surface area contributed by atoms with Gasteiger partial charge >= 0.3 is 0 Å². The van der Waals surface area contributed by atoms with Crippen molar-refractivity contribution in [2.75, 3.05) is 25.5 Å². The molecule has 0 spiro atoms. The minimum Gasteiger partial charge on any atom is -0.496 e. The molecule has 2 rings (SSSR count). The molecule has 140 valence electrons. The average Bonchev–Trinajstić information content (AvgIpc) is 2.61. The lowest BCUT2D eigenvalue weighted by Gasteiger charge is -2.20. The number of nitrogens with one attached hydrogen (secondary N) is 1. The Balaban J connectivity index is 2.16. The van der Waals surface area contributed by atoms with Gasteiger partial charge in [0.05, 0.1) is 18.6 Å². The fraction of sp³-hybridized carbons (Fsp3) is 0.278. The van der Waals surface area contributed by atoms with Crippen molar-refractivity contribution in [3.05, 3.63) is 52.5 Å². The van der Waals surface area contributed by atoms with Crippen molar-refractivity contribution in [1.82, 2.24) is 4.31 Å². The van der Waals surface area contributed by atoms with Gasteiger partial charge in [-0.2, -0.15) is 4.31 Å². The predicted octanol–water partition coefficient (Wildman–Crippen LogP) is 3.42. The van der Waals surface area contributed by atoms with E-state index in [2.05, 4.69) is 21.2 Å². The van der Waals surface area contributed by atoms with E-state index in [-0.39, 0.29) is 18.0 Å². The van der Waals surface area contributed by atoms with Gasteiger partial charge in [0.15, 0.2) is 0 Å². The van der Waals surface area contributed by atoms with Crippen LogP contribution in [0.15, 0.2) is 51.8 Å². The minimum atomic E-state index is -3.78. The van der Waals surface area contributed by atoms with Gasteiger partial charge in [-0.15, -0.1) is 0 Å². The number of halogens is 1. The second-order valence-corrected chi connectivity index (χ2v) is 8.47. The summed E-state index contributed by atoms with van der Waals surface area (Å²) < 4.78 is 32.9. The van der Waals surface area contributed by atoms with E-state index >= 15 is 0 Å². The summed E-state index contributed by atoms with van der Waals surface area (Å²) in [4.78, 5) is 12.4. The molecule has 0 aliphatic heterocycles. The summed E-state index contributed by atoms with van der Waals surface area (Å²) in [5.41, 5.74) is 1.32. The van der Waals surface area contributed by atoms with E-state index in [1.807, 2.05) is 0 Å². The highest BCUT2D eigenvalue weighted by atomic mass is 79.9. The van der Waals surface area contributed by atoms with Gasteiger partial charge in [0.25, 0.3) is 0 Å². The Morgan fingerprint density at radius 2 is 1.85 bits per heavy atom. The highest BCUT2D eigenvalue weighted by molar-refractivity contribution is 9.10. The van der Waals surface area contributed by atoms with E-state index in [1.165, 1.54) is 13.2 Å². The molecule has 0 saturated carbocycles. The number of aryl methyl sites for hydroxylation is 1. The van der Waals surface area contributed by atoms with Crippen LogP contribution in [0.3, 0.4) is 0 Å². The molecule has 1 amide bonds. The zero-order valence-corrected chi connectivity index (χ0v) is 17.2. The maximum absolute atomic E-state index is 12.8. The SMILES string of the molecule is CCN(CC(=O)Nc1ccc(Br)cc1)S(=O)(=O)c1ccc(OC)c(C)c1. The molecule has 0 radical (unpaired) electrons. The number of carbonyl (C=O) groups excluding carboxylic acids is 1. The molecule has 0 fully saturated rings. The molecule has 0 aliphatic rings. The number of hydrogen-bond acceptors (Lipinski definition) is 4. The first-order valence-corrected chi connectivity index (χ1v) is 10.2. The number of anilines is 1. The fourth-order valence-electron chi connectivity index (χ4n) is 2.42. The van der Waals surface area contributed by atoms with Crippen LogP contribution in [0, 0.1) is 6.92 Å². The number of ether oxygens (including phenoxy) is 1. The molecule has 2 aromatic carbocycles. The second kappa shape index (κ2) is 8.66. The van der Waals surface area contributed by atoms with Crippen LogP contribution in [0.4, 0.5) is 5.69 Å². The number of nitrogens with zero attached hydrogens (tertiary/aromatic N) is 1. The van der Waals surface area contributed by atoms with Gasteiger partial charge in [-0.3, -0.25) is 4.79 Å². The third-order valence-electron chi connectivity index (χ3n) is 3.80. The quantitative estimate of drug-likeness (QED) is 0.715. The summed E-state index contributed by atoms with van der Waals surface area (Å²) in [6.07, 6.45) is 0. The van der Waals surface area contributed by atoms with E-state index in [4.69, 9.17) is 4.74 Å². The Bertz CT molecular complexity index is 883. The first-order chi connectivity index (χ1) is 12.3. The van der Waals surface area contributed by atoms with Crippen molar-refractivity contribution in [1.29, 1.82) is 0 Å². The normalized spacial score (nSPS) is 11.4. The van der Waals surface area contributed by atoms with Crippen LogP contribution in [0.2, 0.25) is 0 Å². The largest absolute Gasteiger partial charge is 0.496 e. The third-order valence-corrected chi connectivity index (χ3v) is 6.25. The summed E-state index contributed by atoms with van der Waals surface area (Å²) in [5, 5.41) is 2.70. The van der Waals surface area contributed by atoms with Gasteiger partial charge in [-0.05, 0) is 55.0 Å². The van der Waals surface area contributed by atoms with Crippen molar-refractivity contribution < 1.29 is 17.9 Å². The number of sulfonamides is 1. The van der Waals surface area contributed by atoms with E-state index in [1.54, 1.807) is 50.2 Å². The lowest BCUT2D eigenvalue weighted by atomic mass is 10.2. The van der Waals surface area contributed by atoms with Gasteiger partial charge in [0, 0.05) is 16.7 Å². The Kier molecular flexibility index (Phi) is 6.80. The number of likely N-dealkylation sites (N-methyl/N-ethyl adjacent to an activating group) is 1. The maximum Gasteiger partial charge on any atom is 0.243 e. The van der Waals surface area contributed by atoms with E-state index < -0.39 is 15.9 Å². The van der Waals surface area contributed by atoms with Gasteiger partial charge in [0.2, 0.25) is 15.9 Å². The monoisotopic (exact) mass is 440 g/mol. The average molecular weight is 441 g/mol. The van der Waals surface area contributed by atoms with Crippen LogP contribution in [0.1, 0.15) is 12.5 Å². The van der Waals surface area contributed by atoms with Crippen LogP contribution < -0.4 is 10.1 Å². The first-order valence-electron chi connectivity index (χ1n) is 7.98. The summed E-state index contributed by atoms with van der Waals surface area (Å²) in [6, 6.07) is 11.7. The highest BCUT2D eigenvalue weighted by Crippen LogP contribution is 2.23. The molecular formula is C18H21BrN2O4S. The first kappa shape index (κ1) is 20.4. The van der Waals surface area contributed by atoms with Crippen LogP contribution in [-0.4, -0.2) is 38.8 Å². The van der Waals surface area contributed by atoms with Gasteiger partial charge in [-0.25, -0.2) is 8.42 Å². The molecule has 0 unspecified atom stereocenters. The van der Waals surface area contributed by atoms with Crippen molar-refractivity contribution in [2.45, 2.75) is 18.7 Å². The summed E-state index contributed by atoms with van der Waals surface area (Å²) >= 11 is 3.32. The lowest BCUT2D eigenvalue weighted by molar-refractivity contribution is -0.116. The molecule has 0 atom stereocenters. The van der Waals surface area contributed by atoms with Gasteiger partial charge in [-0.1, -0.05) is 22.9 Å². The zero-order chi connectivity index (χ0) is 19.3. The van der Waals surface area contributed by atoms with Crippen LogP contribution >= 0.6 is 15.9 Å². The molecule has 0 aromatic heterocycles. The summed E-state index contributed by atoms with van der Waals surface area (Å²) in [7, 11) is -2.25. The molecular weight excluding hydrogens is 420 g/mol. The molecule has 0 heterocycles. The number of carbonyl (C=O) groups is 1. The Labute approximate surface area is 162 Å². The van der Waals surface area contributed by atoms with E-state index in [9.17, 15) is 13.2 Å². The van der Waals surface area contributed by atoms with Crippen molar-refractivity contribution in [3.63, 3.8) is 0 Å². The molecule has 8 heteroatoms. The smallest absolute Gasteiger partial charge is 0.243 e. The fourth-order valence-corrected chi connectivity index (χ4v) is 4.18. The van der Waals surface area contributed by atoms with Crippen LogP contribution in [0.5, 0.6) is 5.75 Å². The Hall–Kier alpha value is -1.90. The topological polar surface area (TPSA) is 75.7 Å². The maximum atomic E-state index is 12.8. The Morgan fingerprint density at radius 1 is 1.19 bits per heavy atom. The molecule has 1 N–H and O–H groups in total. The third kappa shape index (κ3) is 4.84. The highest BCUT2D eigenvalue weighted by Gasteiger charge is 2.25. The predicted molar refractivity (Wildman–Crippen MR) is 105 cm³/mol. The summed E-state index contributed by atoms with van der Waals surface area (Å²) in [5.74, 6) is 0.211. The molecule has 2 aromatic rings. The van der Waals surface area contributed by atoms with Crippen molar-refractivity contribution in [2.24, 2.45) is 0 Å². The molecule has 6 nitrogen and oxygen atoms in total. The van der Waals surface area contributed by atoms with E-state index in [0.717, 1.165) is 8.78 Å². The van der Waals surface area contributed by atoms with Crippen LogP contribution in [0.25, 0.3) is 0 Å². The van der Waals surface area contributed by atoms with E-state index in [0.29, 0.717) is 17.0 Å². The van der Waals surface area contributed by atoms with Crippen molar-refractivity contribution >= 4 is 37.5 Å². The zero-order valence-electron chi connectivity index (χ0n) is 14.8. The van der Waals surface area contributed by atoms with Gasteiger partial charge in [0.1, 0.15) is 5.75 Å². The standard InChI is InChI=1S/C18H21BrN2O4S/c1-4-21(12-18(22)20-15-7-5-14(19)6-8-15)26(23,24)16-9-10-17(25-3)13(2)11-16/h5-11H,4,12H2,1-3H3,(H,20,22). The lowest BCUT2D eigenvalue weighted by Crippen LogP contribution is -2.37. The number of benzene rings is 2. The number of hydrogen-bond donors (Lipinski definition) is 1. The van der Waals surface area contributed by atoms with Crippen LogP contribution in [-0.2, 0) is 14.8 Å². The van der Waals surface area contributed by atoms with Crippen molar-refractivity contribution in [3.8, 4) is 5.75 Å². The summed E-state index contributed by atoms with van der Waals surface area (Å²) in [6.45, 7) is 3.39. The molecule has 26 heavy (non-hydrogen) atoms. The minimum absolute atomic E-state index is 0.133. The number of methoxy groups -OCH3 is 1. The number of amides is 1. The Morgan fingerprint density at radius 3 is 2.38 bits per heavy atom. The molecule has 0 saturated heterocycles. The number of rotatable bonds is 7.